The number of hydrogen-bond acceptors (Lipinski definition) is 3. The van der Waals surface area contributed by atoms with Crippen molar-refractivity contribution in [1.82, 2.24) is 4.98 Å². The fourth-order valence-corrected chi connectivity index (χ4v) is 2.12. The number of nitrogens with zero attached hydrogens (tertiary/aromatic N) is 1. The topological polar surface area (TPSA) is 34.1 Å². The summed E-state index contributed by atoms with van der Waals surface area (Å²) >= 11 is 6.79. The number of anilines is 1. The van der Waals surface area contributed by atoms with E-state index in [1.807, 2.05) is 30.3 Å². The molecule has 0 fully saturated rings. The molecule has 94 valence electrons. The molecule has 5 heteroatoms. The van der Waals surface area contributed by atoms with Crippen LogP contribution in [-0.2, 0) is 6.54 Å². The zero-order chi connectivity index (χ0) is 13.0. The van der Waals surface area contributed by atoms with Crippen molar-refractivity contribution in [3.63, 3.8) is 0 Å². The molecule has 0 aliphatic heterocycles. The number of halogens is 2. The molecule has 0 atom stereocenters. The smallest absolute Gasteiger partial charge is 0.135 e. The molecule has 2 rings (SSSR count). The largest absolute Gasteiger partial charge is 0.495 e. The lowest BCUT2D eigenvalue weighted by atomic mass is 10.3. The Kier molecular flexibility index (Phi) is 4.60. The molecule has 0 saturated heterocycles. The molecule has 3 nitrogen and oxygen atoms in total. The molecule has 0 amide bonds. The van der Waals surface area contributed by atoms with E-state index in [4.69, 9.17) is 4.74 Å². The number of rotatable bonds is 4. The van der Waals surface area contributed by atoms with Crippen LogP contribution in [0.5, 0.6) is 5.75 Å². The van der Waals surface area contributed by atoms with E-state index in [-0.39, 0.29) is 0 Å². The first-order chi connectivity index (χ1) is 8.69. The SMILES string of the molecule is COc1cc(NCc2ccc(Br)cn2)ccc1Br. The van der Waals surface area contributed by atoms with E-state index in [1.165, 1.54) is 0 Å². The van der Waals surface area contributed by atoms with Gasteiger partial charge in [0.05, 0.1) is 23.8 Å². The normalized spacial score (nSPS) is 10.2. The van der Waals surface area contributed by atoms with Gasteiger partial charge in [-0.25, -0.2) is 0 Å². The maximum absolute atomic E-state index is 5.24. The first-order valence-electron chi connectivity index (χ1n) is 5.37. The molecule has 0 radical (unpaired) electrons. The van der Waals surface area contributed by atoms with Crippen LogP contribution in [-0.4, -0.2) is 12.1 Å². The second-order valence-electron chi connectivity index (χ2n) is 3.67. The van der Waals surface area contributed by atoms with Crippen LogP contribution in [0.2, 0.25) is 0 Å². The molecular formula is C13H12Br2N2O. The zero-order valence-corrected chi connectivity index (χ0v) is 13.0. The Balaban J connectivity index is 2.04. The van der Waals surface area contributed by atoms with E-state index in [2.05, 4.69) is 42.2 Å². The molecule has 0 bridgehead atoms. The molecule has 1 heterocycles. The maximum atomic E-state index is 5.24. The van der Waals surface area contributed by atoms with Gasteiger partial charge in [-0.3, -0.25) is 4.98 Å². The van der Waals surface area contributed by atoms with Crippen molar-refractivity contribution in [2.24, 2.45) is 0 Å². The Bertz CT molecular complexity index is 529. The summed E-state index contributed by atoms with van der Waals surface area (Å²) in [6.07, 6.45) is 1.79. The van der Waals surface area contributed by atoms with Crippen LogP contribution in [0, 0.1) is 0 Å². The van der Waals surface area contributed by atoms with Crippen molar-refractivity contribution >= 4 is 37.5 Å². The molecule has 0 aliphatic rings. The van der Waals surface area contributed by atoms with Crippen LogP contribution < -0.4 is 10.1 Å². The summed E-state index contributed by atoms with van der Waals surface area (Å²) in [6.45, 7) is 0.679. The van der Waals surface area contributed by atoms with Crippen molar-refractivity contribution in [3.8, 4) is 5.75 Å². The van der Waals surface area contributed by atoms with Gasteiger partial charge in [-0.1, -0.05) is 0 Å². The Hall–Kier alpha value is -1.07. The van der Waals surface area contributed by atoms with Crippen LogP contribution >= 0.6 is 31.9 Å². The van der Waals surface area contributed by atoms with E-state index in [0.29, 0.717) is 6.54 Å². The molecule has 0 unspecified atom stereocenters. The number of pyridine rings is 1. The van der Waals surface area contributed by atoms with E-state index in [0.717, 1.165) is 26.1 Å². The number of methoxy groups -OCH3 is 1. The van der Waals surface area contributed by atoms with Gasteiger partial charge in [0.15, 0.2) is 0 Å². The summed E-state index contributed by atoms with van der Waals surface area (Å²) in [4.78, 5) is 4.30. The molecule has 1 aromatic carbocycles. The van der Waals surface area contributed by atoms with Crippen molar-refractivity contribution in [3.05, 3.63) is 51.2 Å². The number of nitrogens with one attached hydrogen (secondary N) is 1. The predicted molar refractivity (Wildman–Crippen MR) is 80.0 cm³/mol. The van der Waals surface area contributed by atoms with Crippen LogP contribution in [0.1, 0.15) is 5.69 Å². The van der Waals surface area contributed by atoms with Gasteiger partial charge >= 0.3 is 0 Å². The van der Waals surface area contributed by atoms with E-state index < -0.39 is 0 Å². The van der Waals surface area contributed by atoms with Crippen LogP contribution in [0.3, 0.4) is 0 Å². The third-order valence-corrected chi connectivity index (χ3v) is 3.54. The highest BCUT2D eigenvalue weighted by Gasteiger charge is 2.01. The number of ether oxygens (including phenoxy) is 1. The summed E-state index contributed by atoms with van der Waals surface area (Å²) in [6, 6.07) is 9.85. The minimum atomic E-state index is 0.679. The van der Waals surface area contributed by atoms with Crippen LogP contribution in [0.25, 0.3) is 0 Å². The lowest BCUT2D eigenvalue weighted by Gasteiger charge is -2.09. The highest BCUT2D eigenvalue weighted by Crippen LogP contribution is 2.27. The minimum Gasteiger partial charge on any atom is -0.495 e. The monoisotopic (exact) mass is 370 g/mol. The molecular weight excluding hydrogens is 360 g/mol. The number of hydrogen-bond donors (Lipinski definition) is 1. The molecule has 0 aliphatic carbocycles. The summed E-state index contributed by atoms with van der Waals surface area (Å²) in [5.74, 6) is 0.809. The van der Waals surface area contributed by atoms with Gasteiger partial charge in [-0.05, 0) is 56.1 Å². The van der Waals surface area contributed by atoms with Gasteiger partial charge < -0.3 is 10.1 Å². The summed E-state index contributed by atoms with van der Waals surface area (Å²) < 4.78 is 7.17. The number of aromatic nitrogens is 1. The van der Waals surface area contributed by atoms with Gasteiger partial charge in [0, 0.05) is 22.4 Å². The van der Waals surface area contributed by atoms with Gasteiger partial charge in [0.25, 0.3) is 0 Å². The Morgan fingerprint density at radius 1 is 1.22 bits per heavy atom. The Morgan fingerprint density at radius 3 is 2.72 bits per heavy atom. The minimum absolute atomic E-state index is 0.679. The molecule has 18 heavy (non-hydrogen) atoms. The summed E-state index contributed by atoms with van der Waals surface area (Å²) in [7, 11) is 1.65. The van der Waals surface area contributed by atoms with E-state index >= 15 is 0 Å². The van der Waals surface area contributed by atoms with E-state index in [9.17, 15) is 0 Å². The van der Waals surface area contributed by atoms with E-state index in [1.54, 1.807) is 13.3 Å². The van der Waals surface area contributed by atoms with Gasteiger partial charge in [-0.15, -0.1) is 0 Å². The van der Waals surface area contributed by atoms with Gasteiger partial charge in [-0.2, -0.15) is 0 Å². The summed E-state index contributed by atoms with van der Waals surface area (Å²) in [5, 5.41) is 3.30. The molecule has 1 aromatic heterocycles. The lowest BCUT2D eigenvalue weighted by Crippen LogP contribution is -2.01. The first kappa shape index (κ1) is 13.4. The molecule has 0 saturated carbocycles. The van der Waals surface area contributed by atoms with Crippen LogP contribution in [0.4, 0.5) is 5.69 Å². The molecule has 2 aromatic rings. The summed E-state index contributed by atoms with van der Waals surface area (Å²) in [5.41, 5.74) is 1.99. The van der Waals surface area contributed by atoms with Crippen molar-refractivity contribution < 1.29 is 4.74 Å². The van der Waals surface area contributed by atoms with Crippen LogP contribution in [0.15, 0.2) is 45.5 Å². The van der Waals surface area contributed by atoms with Gasteiger partial charge in [0.2, 0.25) is 0 Å². The van der Waals surface area contributed by atoms with Crippen molar-refractivity contribution in [2.45, 2.75) is 6.54 Å². The third kappa shape index (κ3) is 3.46. The average molecular weight is 372 g/mol. The third-order valence-electron chi connectivity index (χ3n) is 2.41. The second kappa shape index (κ2) is 6.20. The Labute approximate surface area is 123 Å². The van der Waals surface area contributed by atoms with Crippen molar-refractivity contribution in [2.75, 3.05) is 12.4 Å². The average Bonchev–Trinajstić information content (AvgIpc) is 2.39. The molecule has 0 spiro atoms. The number of benzene rings is 1. The highest BCUT2D eigenvalue weighted by atomic mass is 79.9. The zero-order valence-electron chi connectivity index (χ0n) is 9.78. The fraction of sp³-hybridized carbons (Fsp3) is 0.154. The lowest BCUT2D eigenvalue weighted by molar-refractivity contribution is 0.412. The first-order valence-corrected chi connectivity index (χ1v) is 6.95. The maximum Gasteiger partial charge on any atom is 0.135 e. The quantitative estimate of drug-likeness (QED) is 0.873. The predicted octanol–water partition coefficient (Wildman–Crippen LogP) is 4.23. The second-order valence-corrected chi connectivity index (χ2v) is 5.44. The van der Waals surface area contributed by atoms with Gasteiger partial charge in [0.1, 0.15) is 5.75 Å². The highest BCUT2D eigenvalue weighted by molar-refractivity contribution is 9.10. The standard InChI is InChI=1S/C13H12Br2N2O/c1-18-13-6-10(4-5-12(13)15)17-8-11-3-2-9(14)7-16-11/h2-7,17H,8H2,1H3. The van der Waals surface area contributed by atoms with Crippen molar-refractivity contribution in [1.29, 1.82) is 0 Å². The fourth-order valence-electron chi connectivity index (χ4n) is 1.47. The molecule has 1 N–H and O–H groups in total. The Morgan fingerprint density at radius 2 is 2.06 bits per heavy atom.